The van der Waals surface area contributed by atoms with Crippen LogP contribution in [0.25, 0.3) is 0 Å². The number of aliphatic hydroxyl groups excluding tert-OH is 5. The average Bonchev–Trinajstić information content (AvgIpc) is 3.02. The molecule has 17 N–H and O–H groups in total. The van der Waals surface area contributed by atoms with Crippen LogP contribution in [-0.2, 0) is 23.7 Å². The predicted octanol–water partition coefficient (Wildman–Crippen LogP) is -5.44. The maximum Gasteiger partial charge on any atom is 0.273 e. The average molecular weight is 663 g/mol. The van der Waals surface area contributed by atoms with Gasteiger partial charge in [-0.1, -0.05) is 6.92 Å². The molecule has 19 nitrogen and oxygen atoms in total. The van der Waals surface area contributed by atoms with Gasteiger partial charge in [0.15, 0.2) is 12.2 Å². The van der Waals surface area contributed by atoms with E-state index in [4.69, 9.17) is 46.7 Å². The molecule has 2 fully saturated rings. The third-order valence-corrected chi connectivity index (χ3v) is 8.18. The summed E-state index contributed by atoms with van der Waals surface area (Å²) < 4.78 is 23.8. The Kier molecular flexibility index (Phi) is 13.9. The molecule has 0 spiro atoms. The predicted molar refractivity (Wildman–Crippen MR) is 161 cm³/mol. The number of likely N-dealkylation sites (N-methyl/N-ethyl adjacent to an activating group) is 1. The third-order valence-electron chi connectivity index (χ3n) is 8.18. The highest BCUT2D eigenvalue weighted by atomic mass is 16.7. The maximum absolute atomic E-state index is 13.2. The summed E-state index contributed by atoms with van der Waals surface area (Å²) in [6.07, 6.45) is -6.09. The summed E-state index contributed by atoms with van der Waals surface area (Å²) in [5.74, 6) is -1.17. The molecule has 1 aliphatic carbocycles. The Balaban J connectivity index is 1.82. The molecule has 264 valence electrons. The highest BCUT2D eigenvalue weighted by Crippen LogP contribution is 2.31. The number of amides is 1. The highest BCUT2D eigenvalue weighted by Gasteiger charge is 2.50. The van der Waals surface area contributed by atoms with Crippen LogP contribution in [0.5, 0.6) is 0 Å². The number of rotatable bonds is 14. The number of nitrogens with two attached hydrogens (primary N) is 3. The van der Waals surface area contributed by atoms with Crippen molar-refractivity contribution >= 4 is 11.9 Å². The van der Waals surface area contributed by atoms with Crippen molar-refractivity contribution in [1.29, 1.82) is 5.41 Å². The van der Waals surface area contributed by atoms with Gasteiger partial charge < -0.3 is 88.1 Å². The van der Waals surface area contributed by atoms with E-state index < -0.39 is 91.5 Å². The Labute approximate surface area is 266 Å². The quantitative estimate of drug-likeness (QED) is 0.0357. The summed E-state index contributed by atoms with van der Waals surface area (Å²) >= 11 is 0. The van der Waals surface area contributed by atoms with Gasteiger partial charge in [-0.3, -0.25) is 10.2 Å². The number of hydrogen-bond donors (Lipinski definition) is 14. The van der Waals surface area contributed by atoms with Gasteiger partial charge in [-0.2, -0.15) is 0 Å². The van der Waals surface area contributed by atoms with Gasteiger partial charge in [-0.15, -0.1) is 0 Å². The van der Waals surface area contributed by atoms with Gasteiger partial charge in [0, 0.05) is 24.6 Å². The molecule has 1 amide bonds. The van der Waals surface area contributed by atoms with Crippen LogP contribution in [0, 0.1) is 5.41 Å². The Hall–Kier alpha value is -2.66. The fraction of sp³-hybridized carbons (Fsp3) is 0.778. The van der Waals surface area contributed by atoms with E-state index in [2.05, 4.69) is 21.3 Å². The zero-order chi connectivity index (χ0) is 34.2. The van der Waals surface area contributed by atoms with Gasteiger partial charge in [0.1, 0.15) is 30.2 Å². The zero-order valence-electron chi connectivity index (χ0n) is 25.9. The number of nitrogens with one attached hydrogen (secondary N) is 5. The second-order valence-electron chi connectivity index (χ2n) is 11.6. The molecule has 46 heavy (non-hydrogen) atoms. The molecule has 3 aliphatic rings. The molecule has 3 rings (SSSR count). The minimum atomic E-state index is -2.27. The number of aliphatic hydroxyl groups is 6. The van der Waals surface area contributed by atoms with Gasteiger partial charge in [0.25, 0.3) is 5.91 Å². The molecule has 1 saturated heterocycles. The van der Waals surface area contributed by atoms with Crippen LogP contribution in [0.15, 0.2) is 23.7 Å². The number of guanidine groups is 1. The SMILES string of the molecule is CCC(O)(NC(=N)N)C(=O)N[C@@H]1C[C@H](N)C(O[C@H]2OC(CNCC(O)CO)=CC[C@H]2N)[C@H](O)[C@H]1O[C@H]1OC/C(=C/O)[C@H](NC)[C@H]1O. The molecule has 1 saturated carbocycles. The van der Waals surface area contributed by atoms with Crippen LogP contribution in [0.3, 0.4) is 0 Å². The van der Waals surface area contributed by atoms with E-state index in [-0.39, 0.29) is 32.5 Å². The molecule has 0 aromatic carbocycles. The van der Waals surface area contributed by atoms with Crippen molar-refractivity contribution < 1.29 is 54.4 Å². The molecule has 0 radical (unpaired) electrons. The summed E-state index contributed by atoms with van der Waals surface area (Å²) in [6, 6.07) is -3.40. The summed E-state index contributed by atoms with van der Waals surface area (Å²) in [6.45, 7) is 1.27. The van der Waals surface area contributed by atoms with Gasteiger partial charge in [0.05, 0.1) is 50.3 Å². The molecule has 0 bridgehead atoms. The molecule has 2 aliphatic heterocycles. The van der Waals surface area contributed by atoms with Gasteiger partial charge in [0.2, 0.25) is 12.0 Å². The standard InChI is InChI=1S/C27H50N8O11/c1-3-27(42,35-26(30)31)25(41)34-17-6-16(29)21(45-23-15(28)5-4-14(44-23)8-33-7-13(38)10-37)20(40)22(17)46-24-19(39)18(32-2)12(9-36)11-43-24/h4,9,13,15-24,32-33,36-40,42H,3,5-8,10-11,28-29H2,1-2H3,(H,34,41)(H4,30,31,35)/b12-9-/t13?,15-,16+,17-,18+,19-,20+,21?,22+,23-,24-,27?/m1/s1. The first-order valence-electron chi connectivity index (χ1n) is 15.1. The third kappa shape index (κ3) is 9.24. The van der Waals surface area contributed by atoms with Crippen LogP contribution in [0.1, 0.15) is 26.2 Å². The van der Waals surface area contributed by atoms with Gasteiger partial charge >= 0.3 is 0 Å². The molecule has 12 atom stereocenters. The first kappa shape index (κ1) is 37.8. The monoisotopic (exact) mass is 662 g/mol. The minimum Gasteiger partial charge on any atom is -0.515 e. The Bertz CT molecular complexity index is 1090. The normalized spacial score (nSPS) is 36.2. The molecule has 3 unspecified atom stereocenters. The van der Waals surface area contributed by atoms with Crippen molar-refractivity contribution in [1.82, 2.24) is 21.3 Å². The van der Waals surface area contributed by atoms with Gasteiger partial charge in [-0.25, -0.2) is 0 Å². The summed E-state index contributed by atoms with van der Waals surface area (Å²) in [7, 11) is 1.56. The molecule has 0 aromatic rings. The van der Waals surface area contributed by atoms with E-state index in [9.17, 15) is 30.3 Å². The number of carbonyl (C=O) groups is 1. The number of carbonyl (C=O) groups excluding carboxylic acids is 1. The summed E-state index contributed by atoms with van der Waals surface area (Å²) in [5, 5.41) is 79.7. The molecule has 2 heterocycles. The zero-order valence-corrected chi connectivity index (χ0v) is 25.9. The van der Waals surface area contributed by atoms with Crippen molar-refractivity contribution in [3.05, 3.63) is 23.7 Å². The smallest absolute Gasteiger partial charge is 0.273 e. The number of hydrogen-bond acceptors (Lipinski definition) is 16. The Morgan fingerprint density at radius 1 is 1.22 bits per heavy atom. The Morgan fingerprint density at radius 2 is 1.91 bits per heavy atom. The maximum atomic E-state index is 13.2. The molecular weight excluding hydrogens is 612 g/mol. The second-order valence-corrected chi connectivity index (χ2v) is 11.6. The van der Waals surface area contributed by atoms with E-state index >= 15 is 0 Å². The van der Waals surface area contributed by atoms with E-state index in [1.807, 2.05) is 0 Å². The first-order chi connectivity index (χ1) is 21.8. The van der Waals surface area contributed by atoms with Crippen LogP contribution >= 0.6 is 0 Å². The van der Waals surface area contributed by atoms with E-state index in [1.54, 1.807) is 13.1 Å². The topological polar surface area (TPSA) is 325 Å². The molecular formula is C27H50N8O11. The van der Waals surface area contributed by atoms with Crippen LogP contribution < -0.4 is 38.5 Å². The lowest BCUT2D eigenvalue weighted by Crippen LogP contribution is -2.69. The van der Waals surface area contributed by atoms with E-state index in [0.29, 0.717) is 17.8 Å². The van der Waals surface area contributed by atoms with Crippen LogP contribution in [-0.4, -0.2) is 149 Å². The summed E-state index contributed by atoms with van der Waals surface area (Å²) in [4.78, 5) is 13.2. The Morgan fingerprint density at radius 3 is 2.52 bits per heavy atom. The highest BCUT2D eigenvalue weighted by molar-refractivity contribution is 5.89. The lowest BCUT2D eigenvalue weighted by molar-refractivity contribution is -0.275. The van der Waals surface area contributed by atoms with E-state index in [0.717, 1.165) is 6.26 Å². The van der Waals surface area contributed by atoms with Crippen molar-refractivity contribution in [3.8, 4) is 0 Å². The minimum absolute atomic E-state index is 0.0523. The van der Waals surface area contributed by atoms with Crippen molar-refractivity contribution in [2.24, 2.45) is 17.2 Å². The lowest BCUT2D eigenvalue weighted by Gasteiger charge is -2.47. The molecule has 0 aromatic heterocycles. The fourth-order valence-corrected chi connectivity index (χ4v) is 5.53. The number of ether oxygens (including phenoxy) is 4. The summed E-state index contributed by atoms with van der Waals surface area (Å²) in [5.41, 5.74) is 16.2. The van der Waals surface area contributed by atoms with Crippen LogP contribution in [0.2, 0.25) is 0 Å². The lowest BCUT2D eigenvalue weighted by atomic mass is 9.83. The van der Waals surface area contributed by atoms with Gasteiger partial charge in [-0.05, 0) is 26.0 Å². The first-order valence-corrected chi connectivity index (χ1v) is 15.1. The molecule has 19 heteroatoms. The second kappa shape index (κ2) is 16.9. The van der Waals surface area contributed by atoms with Crippen molar-refractivity contribution in [3.63, 3.8) is 0 Å². The van der Waals surface area contributed by atoms with Crippen LogP contribution in [0.4, 0.5) is 0 Å². The van der Waals surface area contributed by atoms with Crippen molar-refractivity contribution in [2.45, 2.75) is 99.2 Å². The van der Waals surface area contributed by atoms with E-state index in [1.165, 1.54) is 6.92 Å². The fourth-order valence-electron chi connectivity index (χ4n) is 5.53. The largest absolute Gasteiger partial charge is 0.515 e. The van der Waals surface area contributed by atoms with Crippen molar-refractivity contribution in [2.75, 3.05) is 33.4 Å².